The molecule has 2 aromatic heterocycles. The Hall–Kier alpha value is -2.79. The Morgan fingerprint density at radius 3 is 2.68 bits per heavy atom. The number of anilines is 2. The number of nitrogens with one attached hydrogen (secondary N) is 1. The molecule has 0 aliphatic rings. The second-order valence-corrected chi connectivity index (χ2v) is 5.77. The number of nitrogens with zero attached hydrogens (tertiary/aromatic N) is 3. The lowest BCUT2D eigenvalue weighted by molar-refractivity contribution is 0.415. The van der Waals surface area contributed by atoms with Gasteiger partial charge in [0, 0.05) is 24.2 Å². The van der Waals surface area contributed by atoms with Gasteiger partial charge in [-0.15, -0.1) is 12.4 Å². The van der Waals surface area contributed by atoms with Gasteiger partial charge in [-0.1, -0.05) is 24.3 Å². The maximum Gasteiger partial charge on any atom is 0.160 e. The molecular weight excluding hydrogens is 336 g/mol. The van der Waals surface area contributed by atoms with Gasteiger partial charge in [0.1, 0.15) is 5.75 Å². The molecular formula is C19H19ClN4O. The minimum Gasteiger partial charge on any atom is -0.497 e. The molecule has 0 aliphatic carbocycles. The molecule has 5 nitrogen and oxygen atoms in total. The van der Waals surface area contributed by atoms with E-state index in [0.717, 1.165) is 44.8 Å². The number of hydrogen-bond acceptors (Lipinski definition) is 4. The highest BCUT2D eigenvalue weighted by molar-refractivity contribution is 6.08. The van der Waals surface area contributed by atoms with Gasteiger partial charge in [0.15, 0.2) is 5.65 Å². The van der Waals surface area contributed by atoms with E-state index < -0.39 is 0 Å². The predicted octanol–water partition coefficient (Wildman–Crippen LogP) is 4.60. The number of para-hydroxylation sites is 1. The summed E-state index contributed by atoms with van der Waals surface area (Å²) in [5.74, 6) is 0.817. The molecule has 0 atom stereocenters. The van der Waals surface area contributed by atoms with Crippen molar-refractivity contribution in [3.05, 3.63) is 54.2 Å². The maximum atomic E-state index is 5.33. The topological polar surface area (TPSA) is 52.0 Å². The van der Waals surface area contributed by atoms with Crippen LogP contribution < -0.4 is 10.1 Å². The average Bonchev–Trinajstić information content (AvgIpc) is 2.89. The van der Waals surface area contributed by atoms with Crippen molar-refractivity contribution >= 4 is 45.7 Å². The molecule has 0 radical (unpaired) electrons. The van der Waals surface area contributed by atoms with Crippen LogP contribution in [0, 0.1) is 6.92 Å². The number of fused-ring (bicyclic) bond motifs is 2. The summed E-state index contributed by atoms with van der Waals surface area (Å²) in [5, 5.41) is 10.2. The normalized spacial score (nSPS) is 10.7. The zero-order valence-electron chi connectivity index (χ0n) is 14.3. The van der Waals surface area contributed by atoms with E-state index in [4.69, 9.17) is 9.72 Å². The van der Waals surface area contributed by atoms with E-state index in [2.05, 4.69) is 16.5 Å². The molecule has 6 heteroatoms. The monoisotopic (exact) mass is 354 g/mol. The van der Waals surface area contributed by atoms with Crippen LogP contribution in [0.2, 0.25) is 0 Å². The van der Waals surface area contributed by atoms with Crippen LogP contribution in [0.15, 0.2) is 48.5 Å². The van der Waals surface area contributed by atoms with E-state index in [1.54, 1.807) is 7.11 Å². The molecule has 0 bridgehead atoms. The van der Waals surface area contributed by atoms with E-state index in [9.17, 15) is 0 Å². The smallest absolute Gasteiger partial charge is 0.160 e. The molecule has 0 saturated carbocycles. The van der Waals surface area contributed by atoms with Crippen molar-refractivity contribution in [1.29, 1.82) is 0 Å². The molecule has 0 amide bonds. The second-order valence-electron chi connectivity index (χ2n) is 5.77. The first-order chi connectivity index (χ1) is 11.7. The number of methoxy groups -OCH3 is 1. The van der Waals surface area contributed by atoms with Gasteiger partial charge in [-0.2, -0.15) is 5.10 Å². The Labute approximate surface area is 152 Å². The van der Waals surface area contributed by atoms with Crippen LogP contribution in [0.5, 0.6) is 5.75 Å². The molecule has 1 N–H and O–H groups in total. The van der Waals surface area contributed by atoms with Gasteiger partial charge in [0.25, 0.3) is 0 Å². The van der Waals surface area contributed by atoms with Crippen molar-refractivity contribution in [3.63, 3.8) is 0 Å². The third-order valence-corrected chi connectivity index (χ3v) is 4.18. The predicted molar refractivity (Wildman–Crippen MR) is 104 cm³/mol. The molecule has 2 heterocycles. The summed E-state index contributed by atoms with van der Waals surface area (Å²) in [6.07, 6.45) is 0. The van der Waals surface area contributed by atoms with Gasteiger partial charge in [0.2, 0.25) is 0 Å². The number of aryl methyl sites for hydroxylation is 2. The number of pyridine rings is 1. The first-order valence-corrected chi connectivity index (χ1v) is 7.80. The highest BCUT2D eigenvalue weighted by Gasteiger charge is 2.15. The van der Waals surface area contributed by atoms with Crippen LogP contribution in [0.3, 0.4) is 0 Å². The Bertz CT molecular complexity index is 1060. The fraction of sp³-hybridized carbons (Fsp3) is 0.158. The van der Waals surface area contributed by atoms with E-state index in [-0.39, 0.29) is 12.4 Å². The van der Waals surface area contributed by atoms with Crippen molar-refractivity contribution in [2.24, 2.45) is 7.05 Å². The Morgan fingerprint density at radius 1 is 1.08 bits per heavy atom. The van der Waals surface area contributed by atoms with Gasteiger partial charge >= 0.3 is 0 Å². The minimum atomic E-state index is 0. The molecule has 0 unspecified atom stereocenters. The zero-order chi connectivity index (χ0) is 16.7. The molecule has 4 rings (SSSR count). The Morgan fingerprint density at radius 2 is 1.88 bits per heavy atom. The summed E-state index contributed by atoms with van der Waals surface area (Å²) >= 11 is 0. The average molecular weight is 355 g/mol. The maximum absolute atomic E-state index is 5.33. The number of ether oxygens (including phenoxy) is 1. The molecule has 2 aromatic carbocycles. The SMILES string of the molecule is COc1cccc(Nc2c3ccccc3nc3c2c(C)nn3C)c1.Cl. The van der Waals surface area contributed by atoms with E-state index in [0.29, 0.717) is 0 Å². The second kappa shape index (κ2) is 6.61. The lowest BCUT2D eigenvalue weighted by Gasteiger charge is -2.12. The van der Waals surface area contributed by atoms with Crippen LogP contribution in [-0.4, -0.2) is 21.9 Å². The summed E-state index contributed by atoms with van der Waals surface area (Å²) in [5.41, 5.74) is 4.76. The standard InChI is InChI=1S/C19H18N4O.ClH/c1-12-17-18(20-13-7-6-8-14(11-13)24-3)15-9-4-5-10-16(15)21-19(17)23(2)22-12;/h4-11H,1-3H3,(H,20,21);1H. The zero-order valence-corrected chi connectivity index (χ0v) is 15.1. The fourth-order valence-electron chi connectivity index (χ4n) is 3.07. The van der Waals surface area contributed by atoms with Gasteiger partial charge in [-0.25, -0.2) is 4.98 Å². The number of halogens is 1. The third-order valence-electron chi connectivity index (χ3n) is 4.18. The van der Waals surface area contributed by atoms with Gasteiger partial charge in [-0.05, 0) is 25.1 Å². The van der Waals surface area contributed by atoms with E-state index >= 15 is 0 Å². The number of hydrogen-bond donors (Lipinski definition) is 1. The summed E-state index contributed by atoms with van der Waals surface area (Å²) < 4.78 is 7.15. The third kappa shape index (κ3) is 2.87. The van der Waals surface area contributed by atoms with Crippen molar-refractivity contribution in [2.75, 3.05) is 12.4 Å². The van der Waals surface area contributed by atoms with Crippen LogP contribution in [0.4, 0.5) is 11.4 Å². The van der Waals surface area contributed by atoms with Crippen LogP contribution in [0.1, 0.15) is 5.69 Å². The molecule has 0 saturated heterocycles. The largest absolute Gasteiger partial charge is 0.497 e. The lowest BCUT2D eigenvalue weighted by atomic mass is 10.1. The van der Waals surface area contributed by atoms with Crippen molar-refractivity contribution in [3.8, 4) is 5.75 Å². The quantitative estimate of drug-likeness (QED) is 0.584. The molecule has 25 heavy (non-hydrogen) atoms. The van der Waals surface area contributed by atoms with Crippen molar-refractivity contribution < 1.29 is 4.74 Å². The molecule has 0 fully saturated rings. The minimum absolute atomic E-state index is 0. The number of aromatic nitrogens is 3. The van der Waals surface area contributed by atoms with Gasteiger partial charge < -0.3 is 10.1 Å². The summed E-state index contributed by atoms with van der Waals surface area (Å²) in [7, 11) is 3.59. The van der Waals surface area contributed by atoms with E-state index in [1.807, 2.05) is 61.1 Å². The van der Waals surface area contributed by atoms with Crippen molar-refractivity contribution in [2.45, 2.75) is 6.92 Å². The lowest BCUT2D eigenvalue weighted by Crippen LogP contribution is -1.97. The number of rotatable bonds is 3. The number of benzene rings is 2. The highest BCUT2D eigenvalue weighted by Crippen LogP contribution is 2.35. The first kappa shape index (κ1) is 17.0. The Kier molecular flexibility index (Phi) is 4.51. The van der Waals surface area contributed by atoms with Gasteiger partial charge in [-0.3, -0.25) is 4.68 Å². The summed E-state index contributed by atoms with van der Waals surface area (Å²) in [4.78, 5) is 4.77. The molecule has 4 aromatic rings. The summed E-state index contributed by atoms with van der Waals surface area (Å²) in [6.45, 7) is 2.01. The van der Waals surface area contributed by atoms with Crippen LogP contribution in [-0.2, 0) is 7.05 Å². The fourth-order valence-corrected chi connectivity index (χ4v) is 3.07. The van der Waals surface area contributed by atoms with E-state index in [1.165, 1.54) is 0 Å². The van der Waals surface area contributed by atoms with Crippen LogP contribution >= 0.6 is 12.4 Å². The van der Waals surface area contributed by atoms with Gasteiger partial charge in [0.05, 0.1) is 29.4 Å². The first-order valence-electron chi connectivity index (χ1n) is 7.80. The van der Waals surface area contributed by atoms with Crippen molar-refractivity contribution in [1.82, 2.24) is 14.8 Å². The summed E-state index contributed by atoms with van der Waals surface area (Å²) in [6, 6.07) is 16.0. The highest BCUT2D eigenvalue weighted by atomic mass is 35.5. The molecule has 128 valence electrons. The Balaban J connectivity index is 0.00000182. The molecule has 0 spiro atoms. The van der Waals surface area contributed by atoms with Crippen LogP contribution in [0.25, 0.3) is 21.9 Å². The molecule has 0 aliphatic heterocycles.